The van der Waals surface area contributed by atoms with Crippen LogP contribution < -0.4 is 15.8 Å². The lowest BCUT2D eigenvalue weighted by Crippen LogP contribution is -2.50. The van der Waals surface area contributed by atoms with Gasteiger partial charge in [0.15, 0.2) is 0 Å². The number of benzene rings is 1. The average molecular weight is 268 g/mol. The number of hydrogen-bond donors (Lipinski definition) is 2. The fourth-order valence-electron chi connectivity index (χ4n) is 1.84. The maximum absolute atomic E-state index is 13.5. The summed E-state index contributed by atoms with van der Waals surface area (Å²) in [6, 6.07) is 4.62. The molecule has 4 heteroatoms. The first-order valence-electron chi connectivity index (χ1n) is 6.51. The van der Waals surface area contributed by atoms with E-state index in [1.54, 1.807) is 13.2 Å². The van der Waals surface area contributed by atoms with Crippen molar-refractivity contribution < 1.29 is 9.13 Å². The Bertz CT molecular complexity index is 430. The van der Waals surface area contributed by atoms with Gasteiger partial charge in [0.2, 0.25) is 0 Å². The van der Waals surface area contributed by atoms with Crippen LogP contribution in [0.3, 0.4) is 0 Å². The Hall–Kier alpha value is -1.13. The van der Waals surface area contributed by atoms with Crippen molar-refractivity contribution in [2.45, 2.75) is 38.6 Å². The van der Waals surface area contributed by atoms with Gasteiger partial charge in [-0.2, -0.15) is 0 Å². The number of hydrogen-bond acceptors (Lipinski definition) is 3. The van der Waals surface area contributed by atoms with Crippen molar-refractivity contribution in [3.05, 3.63) is 29.6 Å². The second-order valence-corrected chi connectivity index (χ2v) is 6.17. The van der Waals surface area contributed by atoms with Crippen LogP contribution in [0.25, 0.3) is 0 Å². The van der Waals surface area contributed by atoms with Crippen molar-refractivity contribution in [3.63, 3.8) is 0 Å². The van der Waals surface area contributed by atoms with Crippen molar-refractivity contribution in [1.82, 2.24) is 5.32 Å². The Balaban J connectivity index is 2.96. The van der Waals surface area contributed by atoms with Gasteiger partial charge in [0.1, 0.15) is 11.6 Å². The van der Waals surface area contributed by atoms with E-state index >= 15 is 0 Å². The molecule has 0 fully saturated rings. The van der Waals surface area contributed by atoms with E-state index in [4.69, 9.17) is 10.5 Å². The van der Waals surface area contributed by atoms with E-state index in [1.807, 2.05) is 13.8 Å². The number of methoxy groups -OCH3 is 1. The van der Waals surface area contributed by atoms with Crippen molar-refractivity contribution in [2.75, 3.05) is 20.2 Å². The molecule has 0 amide bonds. The third-order valence-electron chi connectivity index (χ3n) is 3.41. The largest absolute Gasteiger partial charge is 0.496 e. The van der Waals surface area contributed by atoms with Gasteiger partial charge >= 0.3 is 0 Å². The molecule has 0 spiro atoms. The van der Waals surface area contributed by atoms with Gasteiger partial charge in [0.05, 0.1) is 7.11 Å². The lowest BCUT2D eigenvalue weighted by molar-refractivity contribution is 0.334. The number of nitrogens with two attached hydrogens (primary N) is 1. The van der Waals surface area contributed by atoms with Crippen LogP contribution in [0.5, 0.6) is 5.75 Å². The quantitative estimate of drug-likeness (QED) is 0.833. The highest BCUT2D eigenvalue weighted by Gasteiger charge is 2.27. The molecule has 0 atom stereocenters. The monoisotopic (exact) mass is 268 g/mol. The highest BCUT2D eigenvalue weighted by Crippen LogP contribution is 2.32. The van der Waals surface area contributed by atoms with Crippen LogP contribution in [-0.4, -0.2) is 25.7 Å². The Morgan fingerprint density at radius 3 is 2.42 bits per heavy atom. The summed E-state index contributed by atoms with van der Waals surface area (Å²) in [5.41, 5.74) is 6.17. The van der Waals surface area contributed by atoms with Crippen molar-refractivity contribution >= 4 is 0 Å². The van der Waals surface area contributed by atoms with E-state index in [0.717, 1.165) is 5.56 Å². The predicted octanol–water partition coefficient (Wildman–Crippen LogP) is 2.44. The Kier molecular flexibility index (Phi) is 4.93. The normalized spacial score (nSPS) is 12.6. The molecule has 3 N–H and O–H groups in total. The zero-order valence-corrected chi connectivity index (χ0v) is 12.5. The highest BCUT2D eigenvalue weighted by molar-refractivity contribution is 5.39. The number of ether oxygens (including phenoxy) is 1. The molecule has 0 unspecified atom stereocenters. The third-order valence-corrected chi connectivity index (χ3v) is 3.41. The number of nitrogens with one attached hydrogen (secondary N) is 1. The zero-order valence-electron chi connectivity index (χ0n) is 12.5. The van der Waals surface area contributed by atoms with Gasteiger partial charge in [0, 0.05) is 29.6 Å². The van der Waals surface area contributed by atoms with Crippen LogP contribution in [0, 0.1) is 5.82 Å². The minimum atomic E-state index is -0.250. The molecule has 1 aromatic rings. The van der Waals surface area contributed by atoms with E-state index in [-0.39, 0.29) is 16.8 Å². The molecule has 0 bridgehead atoms. The van der Waals surface area contributed by atoms with Crippen molar-refractivity contribution in [1.29, 1.82) is 0 Å². The topological polar surface area (TPSA) is 47.3 Å². The fourth-order valence-corrected chi connectivity index (χ4v) is 1.84. The summed E-state index contributed by atoms with van der Waals surface area (Å²) in [6.07, 6.45) is 0. The standard InChI is InChI=1S/C15H25FN2O/c1-14(2,10-18-15(3,4)9-17)12-8-11(16)6-7-13(12)19-5/h6-8,18H,9-10,17H2,1-5H3. The highest BCUT2D eigenvalue weighted by atomic mass is 19.1. The SMILES string of the molecule is COc1ccc(F)cc1C(C)(C)CNC(C)(C)CN. The van der Waals surface area contributed by atoms with Crippen LogP contribution in [-0.2, 0) is 5.41 Å². The van der Waals surface area contributed by atoms with Gasteiger partial charge < -0.3 is 15.8 Å². The summed E-state index contributed by atoms with van der Waals surface area (Å²) in [7, 11) is 1.60. The molecule has 3 nitrogen and oxygen atoms in total. The summed E-state index contributed by atoms with van der Waals surface area (Å²) in [5, 5.41) is 3.42. The third kappa shape index (κ3) is 4.18. The lowest BCUT2D eigenvalue weighted by atomic mass is 9.83. The molecular weight excluding hydrogens is 243 g/mol. The molecule has 1 rings (SSSR count). The van der Waals surface area contributed by atoms with Crippen LogP contribution >= 0.6 is 0 Å². The van der Waals surface area contributed by atoms with Gasteiger partial charge in [-0.25, -0.2) is 4.39 Å². The maximum Gasteiger partial charge on any atom is 0.123 e. The Morgan fingerprint density at radius 1 is 1.26 bits per heavy atom. The van der Waals surface area contributed by atoms with Crippen molar-refractivity contribution in [2.24, 2.45) is 5.73 Å². The van der Waals surface area contributed by atoms with Gasteiger partial charge in [-0.1, -0.05) is 13.8 Å². The summed E-state index contributed by atoms with van der Waals surface area (Å²) in [4.78, 5) is 0. The molecule has 0 saturated carbocycles. The first-order valence-corrected chi connectivity index (χ1v) is 6.51. The second-order valence-electron chi connectivity index (χ2n) is 6.17. The molecule has 0 radical (unpaired) electrons. The zero-order chi connectivity index (χ0) is 14.7. The van der Waals surface area contributed by atoms with Crippen LogP contribution in [0.2, 0.25) is 0 Å². The predicted molar refractivity (Wildman–Crippen MR) is 77.1 cm³/mol. The summed E-state index contributed by atoms with van der Waals surface area (Å²) in [5.74, 6) is 0.459. The molecule has 0 aromatic heterocycles. The Labute approximate surface area is 115 Å². The number of halogens is 1. The average Bonchev–Trinajstić information content (AvgIpc) is 2.37. The van der Waals surface area contributed by atoms with E-state index < -0.39 is 0 Å². The minimum absolute atomic E-state index is 0.141. The molecule has 0 heterocycles. The molecule has 0 aliphatic carbocycles. The van der Waals surface area contributed by atoms with Crippen LogP contribution in [0.1, 0.15) is 33.3 Å². The maximum atomic E-state index is 13.5. The summed E-state index contributed by atoms with van der Waals surface area (Å²) < 4.78 is 18.8. The smallest absolute Gasteiger partial charge is 0.123 e. The van der Waals surface area contributed by atoms with E-state index in [2.05, 4.69) is 19.2 Å². The lowest BCUT2D eigenvalue weighted by Gasteiger charge is -2.33. The van der Waals surface area contributed by atoms with Crippen LogP contribution in [0.4, 0.5) is 4.39 Å². The van der Waals surface area contributed by atoms with E-state index in [9.17, 15) is 4.39 Å². The van der Waals surface area contributed by atoms with Gasteiger partial charge in [-0.05, 0) is 32.0 Å². The summed E-state index contributed by atoms with van der Waals surface area (Å²) in [6.45, 7) is 9.45. The van der Waals surface area contributed by atoms with E-state index in [0.29, 0.717) is 18.8 Å². The molecular formula is C15H25FN2O. The molecule has 0 aliphatic rings. The Morgan fingerprint density at radius 2 is 1.89 bits per heavy atom. The molecule has 108 valence electrons. The number of rotatable bonds is 6. The van der Waals surface area contributed by atoms with E-state index in [1.165, 1.54) is 12.1 Å². The molecule has 19 heavy (non-hydrogen) atoms. The van der Waals surface area contributed by atoms with Crippen molar-refractivity contribution in [3.8, 4) is 5.75 Å². The molecule has 0 saturated heterocycles. The second kappa shape index (κ2) is 5.88. The molecule has 0 aliphatic heterocycles. The van der Waals surface area contributed by atoms with Gasteiger partial charge in [0.25, 0.3) is 0 Å². The van der Waals surface area contributed by atoms with Gasteiger partial charge in [-0.15, -0.1) is 0 Å². The van der Waals surface area contributed by atoms with Crippen LogP contribution in [0.15, 0.2) is 18.2 Å². The summed E-state index contributed by atoms with van der Waals surface area (Å²) >= 11 is 0. The minimum Gasteiger partial charge on any atom is -0.496 e. The van der Waals surface area contributed by atoms with Gasteiger partial charge in [-0.3, -0.25) is 0 Å². The fraction of sp³-hybridized carbons (Fsp3) is 0.600. The first kappa shape index (κ1) is 15.9. The molecule has 1 aromatic carbocycles. The first-order chi connectivity index (χ1) is 8.72.